The summed E-state index contributed by atoms with van der Waals surface area (Å²) in [7, 11) is 2.11. The molecular formula is C21H23N5O3S. The number of hydrogen-bond donors (Lipinski definition) is 2. The van der Waals surface area contributed by atoms with E-state index in [1.54, 1.807) is 24.4 Å². The number of thiophene rings is 1. The number of aromatic nitrogens is 1. The molecule has 0 spiro atoms. The van der Waals surface area contributed by atoms with Crippen LogP contribution >= 0.6 is 11.3 Å². The van der Waals surface area contributed by atoms with Crippen molar-refractivity contribution >= 4 is 39.7 Å². The Hall–Kier alpha value is -3.17. The summed E-state index contributed by atoms with van der Waals surface area (Å²) in [4.78, 5) is 34.4. The summed E-state index contributed by atoms with van der Waals surface area (Å²) in [6.45, 7) is 5.74. The van der Waals surface area contributed by atoms with E-state index in [0.717, 1.165) is 37.6 Å². The van der Waals surface area contributed by atoms with Crippen LogP contribution in [0.5, 0.6) is 0 Å². The molecule has 4 heterocycles. The first-order chi connectivity index (χ1) is 14.5. The highest BCUT2D eigenvalue weighted by Gasteiger charge is 2.18. The van der Waals surface area contributed by atoms with Gasteiger partial charge in [0.1, 0.15) is 5.82 Å². The molecule has 3 aromatic rings. The second-order valence-corrected chi connectivity index (χ2v) is 8.26. The van der Waals surface area contributed by atoms with Crippen molar-refractivity contribution < 1.29 is 14.0 Å². The molecule has 0 bridgehead atoms. The summed E-state index contributed by atoms with van der Waals surface area (Å²) >= 11 is 1.22. The molecule has 1 fully saturated rings. The fraction of sp³-hybridized carbons (Fsp3) is 0.286. The third-order valence-electron chi connectivity index (χ3n) is 4.94. The van der Waals surface area contributed by atoms with E-state index in [0.29, 0.717) is 15.6 Å². The Morgan fingerprint density at radius 2 is 1.90 bits per heavy atom. The summed E-state index contributed by atoms with van der Waals surface area (Å²) in [6, 6.07) is 8.80. The van der Waals surface area contributed by atoms with Crippen molar-refractivity contribution in [3.63, 3.8) is 0 Å². The first-order valence-corrected chi connectivity index (χ1v) is 10.5. The van der Waals surface area contributed by atoms with Crippen molar-refractivity contribution in [2.24, 2.45) is 0 Å². The number of aryl methyl sites for hydroxylation is 1. The molecule has 0 saturated carbocycles. The van der Waals surface area contributed by atoms with Crippen LogP contribution in [-0.2, 0) is 0 Å². The molecule has 8 nitrogen and oxygen atoms in total. The number of nitrogens with zero attached hydrogens (tertiary/aromatic N) is 3. The number of hydrogen-bond acceptors (Lipinski definition) is 7. The molecule has 1 aliphatic heterocycles. The van der Waals surface area contributed by atoms with Crippen molar-refractivity contribution in [2.45, 2.75) is 6.92 Å². The zero-order valence-corrected chi connectivity index (χ0v) is 17.7. The van der Waals surface area contributed by atoms with Crippen LogP contribution in [0.15, 0.2) is 47.2 Å². The Bertz CT molecular complexity index is 1020. The number of piperazine rings is 1. The van der Waals surface area contributed by atoms with Crippen LogP contribution in [0.2, 0.25) is 0 Å². The van der Waals surface area contributed by atoms with Crippen LogP contribution in [0.25, 0.3) is 0 Å². The van der Waals surface area contributed by atoms with Gasteiger partial charge in [0.05, 0.1) is 28.0 Å². The molecule has 4 rings (SSSR count). The second-order valence-electron chi connectivity index (χ2n) is 7.20. The Labute approximate surface area is 178 Å². The van der Waals surface area contributed by atoms with Crippen LogP contribution in [0.3, 0.4) is 0 Å². The summed E-state index contributed by atoms with van der Waals surface area (Å²) in [5.74, 6) is 0.553. The fourth-order valence-electron chi connectivity index (χ4n) is 3.22. The molecule has 2 amide bonds. The van der Waals surface area contributed by atoms with Crippen molar-refractivity contribution in [3.8, 4) is 0 Å². The van der Waals surface area contributed by atoms with Gasteiger partial charge in [0.25, 0.3) is 11.8 Å². The molecule has 9 heteroatoms. The molecule has 30 heavy (non-hydrogen) atoms. The van der Waals surface area contributed by atoms with E-state index in [4.69, 9.17) is 4.42 Å². The molecule has 0 aliphatic carbocycles. The van der Waals surface area contributed by atoms with Gasteiger partial charge in [-0.3, -0.25) is 9.59 Å². The number of rotatable bonds is 5. The molecule has 156 valence electrons. The summed E-state index contributed by atoms with van der Waals surface area (Å²) < 4.78 is 5.09. The molecule has 3 aromatic heterocycles. The Balaban J connectivity index is 1.39. The van der Waals surface area contributed by atoms with Gasteiger partial charge in [0.15, 0.2) is 5.76 Å². The lowest BCUT2D eigenvalue weighted by atomic mass is 10.2. The van der Waals surface area contributed by atoms with Crippen molar-refractivity contribution in [3.05, 3.63) is 59.0 Å². The van der Waals surface area contributed by atoms with Gasteiger partial charge in [-0.25, -0.2) is 4.98 Å². The zero-order chi connectivity index (χ0) is 21.1. The van der Waals surface area contributed by atoms with E-state index in [9.17, 15) is 9.59 Å². The third-order valence-corrected chi connectivity index (χ3v) is 6.09. The van der Waals surface area contributed by atoms with Crippen molar-refractivity contribution in [1.29, 1.82) is 0 Å². The standard InChI is InChI=1S/C21H23N5O3S/c1-14-12-18(24-20(27)16-4-3-11-29-16)30-19(14)21(28)23-15-5-6-17(22-13-15)26-9-7-25(2)8-10-26/h3-6,11-13H,7-10H2,1-2H3,(H,23,28)(H,24,27). The minimum Gasteiger partial charge on any atom is -0.459 e. The number of likely N-dealkylation sites (N-methyl/N-ethyl adjacent to an activating group) is 1. The van der Waals surface area contributed by atoms with Gasteiger partial charge < -0.3 is 24.9 Å². The number of nitrogens with one attached hydrogen (secondary N) is 2. The lowest BCUT2D eigenvalue weighted by molar-refractivity contribution is 0.0995. The van der Waals surface area contributed by atoms with E-state index >= 15 is 0 Å². The zero-order valence-electron chi connectivity index (χ0n) is 16.8. The van der Waals surface area contributed by atoms with E-state index in [-0.39, 0.29) is 17.6 Å². The molecule has 0 unspecified atom stereocenters. The maximum Gasteiger partial charge on any atom is 0.291 e. The SMILES string of the molecule is Cc1cc(NC(=O)c2ccco2)sc1C(=O)Nc1ccc(N2CCN(C)CC2)nc1. The largest absolute Gasteiger partial charge is 0.459 e. The van der Waals surface area contributed by atoms with Crippen molar-refractivity contribution in [1.82, 2.24) is 9.88 Å². The lowest BCUT2D eigenvalue weighted by Gasteiger charge is -2.33. The van der Waals surface area contributed by atoms with Gasteiger partial charge >= 0.3 is 0 Å². The topological polar surface area (TPSA) is 90.7 Å². The van der Waals surface area contributed by atoms with Gasteiger partial charge in [0.2, 0.25) is 0 Å². The second kappa shape index (κ2) is 8.68. The smallest absolute Gasteiger partial charge is 0.291 e. The van der Waals surface area contributed by atoms with Gasteiger partial charge in [0, 0.05) is 26.2 Å². The predicted molar refractivity (Wildman–Crippen MR) is 118 cm³/mol. The summed E-state index contributed by atoms with van der Waals surface area (Å²) in [5, 5.41) is 6.22. The summed E-state index contributed by atoms with van der Waals surface area (Å²) in [6.07, 6.45) is 3.12. The lowest BCUT2D eigenvalue weighted by Crippen LogP contribution is -2.44. The van der Waals surface area contributed by atoms with Gasteiger partial charge in [-0.05, 0) is 49.9 Å². The quantitative estimate of drug-likeness (QED) is 0.652. The van der Waals surface area contributed by atoms with Gasteiger partial charge in [-0.15, -0.1) is 11.3 Å². The van der Waals surface area contributed by atoms with Crippen LogP contribution in [0.1, 0.15) is 25.8 Å². The first kappa shape index (κ1) is 20.1. The Morgan fingerprint density at radius 3 is 2.57 bits per heavy atom. The average molecular weight is 426 g/mol. The highest BCUT2D eigenvalue weighted by atomic mass is 32.1. The number of carbonyl (C=O) groups excluding carboxylic acids is 2. The van der Waals surface area contributed by atoms with E-state index in [1.807, 2.05) is 19.1 Å². The minimum atomic E-state index is -0.350. The van der Waals surface area contributed by atoms with Gasteiger partial charge in [-0.2, -0.15) is 0 Å². The Kier molecular flexibility index (Phi) is 5.82. The maximum atomic E-state index is 12.7. The third kappa shape index (κ3) is 4.52. The van der Waals surface area contributed by atoms with Crippen LogP contribution in [-0.4, -0.2) is 54.9 Å². The minimum absolute atomic E-state index is 0.221. The molecule has 2 N–H and O–H groups in total. The summed E-state index contributed by atoms with van der Waals surface area (Å²) in [5.41, 5.74) is 1.42. The van der Waals surface area contributed by atoms with Crippen LogP contribution in [0.4, 0.5) is 16.5 Å². The average Bonchev–Trinajstić information content (AvgIpc) is 3.39. The molecular weight excluding hydrogens is 402 g/mol. The number of amides is 2. The maximum absolute atomic E-state index is 12.7. The Morgan fingerprint density at radius 1 is 1.10 bits per heavy atom. The number of pyridine rings is 1. The first-order valence-electron chi connectivity index (χ1n) is 9.66. The monoisotopic (exact) mass is 425 g/mol. The fourth-order valence-corrected chi connectivity index (χ4v) is 4.18. The van der Waals surface area contributed by atoms with E-state index < -0.39 is 0 Å². The molecule has 0 atom stereocenters. The number of furan rings is 1. The predicted octanol–water partition coefficient (Wildman–Crippen LogP) is 3.30. The highest BCUT2D eigenvalue weighted by molar-refractivity contribution is 7.18. The normalized spacial score (nSPS) is 14.5. The molecule has 1 aliphatic rings. The highest BCUT2D eigenvalue weighted by Crippen LogP contribution is 2.28. The van der Waals surface area contributed by atoms with Crippen LogP contribution < -0.4 is 15.5 Å². The van der Waals surface area contributed by atoms with Gasteiger partial charge in [-0.1, -0.05) is 0 Å². The molecule has 0 aromatic carbocycles. The van der Waals surface area contributed by atoms with Crippen molar-refractivity contribution in [2.75, 3.05) is 48.8 Å². The van der Waals surface area contributed by atoms with Crippen LogP contribution in [0, 0.1) is 6.92 Å². The number of carbonyl (C=O) groups is 2. The molecule has 1 saturated heterocycles. The molecule has 0 radical (unpaired) electrons. The van der Waals surface area contributed by atoms with E-state index in [2.05, 4.69) is 32.5 Å². The van der Waals surface area contributed by atoms with E-state index in [1.165, 1.54) is 17.6 Å². The number of anilines is 3.